The lowest BCUT2D eigenvalue weighted by atomic mass is 10.2. The SMILES string of the molecule is C=c1c(C(=O)NCc2ncn3ccc(Br)cc23)cn(Cc2cn3cc(C4CC4)ccc3n2)/c1=C/C=C\C. The van der Waals surface area contributed by atoms with E-state index in [9.17, 15) is 4.79 Å². The van der Waals surface area contributed by atoms with E-state index < -0.39 is 0 Å². The van der Waals surface area contributed by atoms with E-state index in [1.54, 1.807) is 6.33 Å². The van der Waals surface area contributed by atoms with Gasteiger partial charge in [0.05, 0.1) is 41.9 Å². The molecule has 1 aliphatic carbocycles. The number of pyridine rings is 2. The molecule has 0 aromatic carbocycles. The number of hydrogen-bond donors (Lipinski definition) is 1. The van der Waals surface area contributed by atoms with Crippen molar-refractivity contribution < 1.29 is 4.79 Å². The summed E-state index contributed by atoms with van der Waals surface area (Å²) in [5.41, 5.74) is 5.52. The molecule has 8 heteroatoms. The van der Waals surface area contributed by atoms with Crippen LogP contribution >= 0.6 is 15.9 Å². The van der Waals surface area contributed by atoms with Crippen LogP contribution in [0.15, 0.2) is 72.0 Å². The standard InChI is InChI=1S/C29H27BrN6O/c1-3-4-5-26-19(2)24(29(37)31-13-25-27-12-22(30)10-11-34(27)18-32-25)17-35(26)15-23-16-36-14-21(20-6-7-20)8-9-28(36)33-23/h3-5,8-12,14,16-18,20H,2,6-7,13,15H2,1H3,(H,31,37)/b4-3-,26-5+. The molecule has 5 aromatic heterocycles. The Bertz CT molecular complexity index is 1790. The Morgan fingerprint density at radius 3 is 2.89 bits per heavy atom. The molecular weight excluding hydrogens is 528 g/mol. The number of carbonyl (C=O) groups is 1. The highest BCUT2D eigenvalue weighted by Gasteiger charge is 2.23. The summed E-state index contributed by atoms with van der Waals surface area (Å²) in [7, 11) is 0. The van der Waals surface area contributed by atoms with Gasteiger partial charge < -0.3 is 18.7 Å². The Kier molecular flexibility index (Phi) is 6.04. The topological polar surface area (TPSA) is 68.6 Å². The number of aromatic nitrogens is 5. The summed E-state index contributed by atoms with van der Waals surface area (Å²) in [5, 5.41) is 4.60. The van der Waals surface area contributed by atoms with Gasteiger partial charge in [0.25, 0.3) is 5.91 Å². The summed E-state index contributed by atoms with van der Waals surface area (Å²) >= 11 is 3.50. The van der Waals surface area contributed by atoms with Crippen molar-refractivity contribution in [2.24, 2.45) is 0 Å². The van der Waals surface area contributed by atoms with Gasteiger partial charge in [0.2, 0.25) is 0 Å². The molecule has 5 heterocycles. The second-order valence-corrected chi connectivity index (χ2v) is 10.4. The first-order chi connectivity index (χ1) is 18.0. The molecule has 186 valence electrons. The lowest BCUT2D eigenvalue weighted by molar-refractivity contribution is 0.0949. The molecule has 0 atom stereocenters. The van der Waals surface area contributed by atoms with Crippen LogP contribution in [0.25, 0.3) is 23.8 Å². The zero-order valence-electron chi connectivity index (χ0n) is 20.6. The van der Waals surface area contributed by atoms with Crippen LogP contribution in [0.1, 0.15) is 53.0 Å². The van der Waals surface area contributed by atoms with Gasteiger partial charge in [-0.3, -0.25) is 4.79 Å². The van der Waals surface area contributed by atoms with Crippen LogP contribution in [0.5, 0.6) is 0 Å². The fourth-order valence-electron chi connectivity index (χ4n) is 4.71. The maximum atomic E-state index is 13.2. The summed E-state index contributed by atoms with van der Waals surface area (Å²) in [6.07, 6.45) is 18.3. The first kappa shape index (κ1) is 23.5. The zero-order chi connectivity index (χ0) is 25.5. The molecule has 0 spiro atoms. The molecule has 0 radical (unpaired) electrons. The van der Waals surface area contributed by atoms with Gasteiger partial charge in [0.15, 0.2) is 0 Å². The smallest absolute Gasteiger partial charge is 0.253 e. The van der Waals surface area contributed by atoms with E-state index in [2.05, 4.69) is 61.7 Å². The van der Waals surface area contributed by atoms with Crippen LogP contribution in [-0.2, 0) is 13.1 Å². The van der Waals surface area contributed by atoms with Gasteiger partial charge in [0, 0.05) is 39.8 Å². The number of hydrogen-bond acceptors (Lipinski definition) is 3. The maximum Gasteiger partial charge on any atom is 0.253 e. The summed E-state index contributed by atoms with van der Waals surface area (Å²) in [6.45, 7) is 7.07. The minimum absolute atomic E-state index is 0.181. The number of carbonyl (C=O) groups excluding carboxylic acids is 1. The zero-order valence-corrected chi connectivity index (χ0v) is 22.1. The number of allylic oxidation sites excluding steroid dienone is 2. The molecule has 5 aromatic rings. The molecule has 0 aliphatic heterocycles. The molecular formula is C29H27BrN6O. The highest BCUT2D eigenvalue weighted by atomic mass is 79.9. The quantitative estimate of drug-likeness (QED) is 0.328. The van der Waals surface area contributed by atoms with E-state index in [4.69, 9.17) is 4.98 Å². The monoisotopic (exact) mass is 554 g/mol. The largest absolute Gasteiger partial charge is 0.346 e. The minimum atomic E-state index is -0.181. The van der Waals surface area contributed by atoms with Gasteiger partial charge in [-0.1, -0.05) is 40.7 Å². The summed E-state index contributed by atoms with van der Waals surface area (Å²) in [4.78, 5) is 22.5. The highest BCUT2D eigenvalue weighted by Crippen LogP contribution is 2.39. The Morgan fingerprint density at radius 1 is 1.22 bits per heavy atom. The van der Waals surface area contributed by atoms with Crippen molar-refractivity contribution in [3.05, 3.63) is 105 Å². The van der Waals surface area contributed by atoms with Crippen LogP contribution in [0.3, 0.4) is 0 Å². The first-order valence-corrected chi connectivity index (χ1v) is 13.2. The van der Waals surface area contributed by atoms with Crippen molar-refractivity contribution in [3.8, 4) is 0 Å². The number of nitrogens with zero attached hydrogens (tertiary/aromatic N) is 5. The minimum Gasteiger partial charge on any atom is -0.346 e. The first-order valence-electron chi connectivity index (χ1n) is 12.4. The van der Waals surface area contributed by atoms with Crippen LogP contribution in [0.4, 0.5) is 0 Å². The van der Waals surface area contributed by atoms with Crippen molar-refractivity contribution in [2.75, 3.05) is 0 Å². The predicted molar refractivity (Wildman–Crippen MR) is 149 cm³/mol. The number of rotatable bonds is 7. The van der Waals surface area contributed by atoms with E-state index in [-0.39, 0.29) is 5.91 Å². The fourth-order valence-corrected chi connectivity index (χ4v) is 5.04. The number of fused-ring (bicyclic) bond motifs is 2. The molecule has 1 amide bonds. The van der Waals surface area contributed by atoms with Gasteiger partial charge in [0.1, 0.15) is 5.65 Å². The molecule has 37 heavy (non-hydrogen) atoms. The third-order valence-corrected chi connectivity index (χ3v) is 7.32. The van der Waals surface area contributed by atoms with Crippen molar-refractivity contribution in [1.82, 2.24) is 28.7 Å². The second-order valence-electron chi connectivity index (χ2n) is 9.47. The van der Waals surface area contributed by atoms with Gasteiger partial charge in [-0.25, -0.2) is 9.97 Å². The van der Waals surface area contributed by atoms with E-state index in [0.29, 0.717) is 29.8 Å². The van der Waals surface area contributed by atoms with Crippen LogP contribution in [0.2, 0.25) is 0 Å². The number of imidazole rings is 2. The predicted octanol–water partition coefficient (Wildman–Crippen LogP) is 4.17. The summed E-state index contributed by atoms with van der Waals surface area (Å²) < 4.78 is 7.05. The van der Waals surface area contributed by atoms with E-state index >= 15 is 0 Å². The average molecular weight is 555 g/mol. The van der Waals surface area contributed by atoms with E-state index in [1.807, 2.05) is 58.6 Å². The Morgan fingerprint density at radius 2 is 2.08 bits per heavy atom. The fraction of sp³-hybridized carbons (Fsp3) is 0.207. The number of halogens is 1. The van der Waals surface area contributed by atoms with Gasteiger partial charge in [-0.15, -0.1) is 0 Å². The molecule has 1 fully saturated rings. The average Bonchev–Trinajstić information content (AvgIpc) is 3.44. The van der Waals surface area contributed by atoms with E-state index in [1.165, 1.54) is 18.4 Å². The van der Waals surface area contributed by atoms with Crippen molar-refractivity contribution in [3.63, 3.8) is 0 Å². The van der Waals surface area contributed by atoms with Gasteiger partial charge in [-0.2, -0.15) is 0 Å². The van der Waals surface area contributed by atoms with Crippen LogP contribution in [-0.4, -0.2) is 29.2 Å². The Hall–Kier alpha value is -3.91. The van der Waals surface area contributed by atoms with Gasteiger partial charge in [-0.05, 0) is 55.5 Å². The molecule has 1 N–H and O–H groups in total. The molecule has 0 unspecified atom stereocenters. The third-order valence-electron chi connectivity index (χ3n) is 6.82. The Labute approximate surface area is 222 Å². The van der Waals surface area contributed by atoms with Gasteiger partial charge >= 0.3 is 0 Å². The number of nitrogens with one attached hydrogen (secondary N) is 1. The van der Waals surface area contributed by atoms with E-state index in [0.717, 1.165) is 32.4 Å². The molecule has 0 saturated heterocycles. The van der Waals surface area contributed by atoms with Crippen LogP contribution in [0, 0.1) is 0 Å². The molecule has 6 rings (SSSR count). The Balaban J connectivity index is 1.28. The summed E-state index contributed by atoms with van der Waals surface area (Å²) in [5.74, 6) is 0.511. The molecule has 1 aliphatic rings. The van der Waals surface area contributed by atoms with Crippen LogP contribution < -0.4 is 15.9 Å². The maximum absolute atomic E-state index is 13.2. The normalized spacial score (nSPS) is 14.4. The summed E-state index contributed by atoms with van der Waals surface area (Å²) in [6, 6.07) is 8.21. The highest BCUT2D eigenvalue weighted by molar-refractivity contribution is 9.10. The third kappa shape index (κ3) is 4.64. The second kappa shape index (κ2) is 9.52. The van der Waals surface area contributed by atoms with Crippen molar-refractivity contribution >= 4 is 45.7 Å². The lowest BCUT2D eigenvalue weighted by Crippen LogP contribution is -2.33. The van der Waals surface area contributed by atoms with Crippen molar-refractivity contribution in [1.29, 1.82) is 0 Å². The molecule has 7 nitrogen and oxygen atoms in total. The number of amides is 1. The lowest BCUT2D eigenvalue weighted by Gasteiger charge is -2.03. The molecule has 0 bridgehead atoms. The molecule has 1 saturated carbocycles. The van der Waals surface area contributed by atoms with Crippen molar-refractivity contribution in [2.45, 2.75) is 38.8 Å².